The average Bonchev–Trinajstić information content (AvgIpc) is 2.87. The second kappa shape index (κ2) is 5.59. The first kappa shape index (κ1) is 14.6. The molecule has 1 aliphatic rings. The number of aromatic nitrogens is 4. The lowest BCUT2D eigenvalue weighted by Crippen LogP contribution is -2.52. The van der Waals surface area contributed by atoms with Crippen molar-refractivity contribution in [3.05, 3.63) is 64.5 Å². The Morgan fingerprint density at radius 2 is 2.08 bits per heavy atom. The molecule has 0 spiro atoms. The van der Waals surface area contributed by atoms with Crippen molar-refractivity contribution in [1.82, 2.24) is 24.1 Å². The molecule has 0 saturated carbocycles. The zero-order valence-electron chi connectivity index (χ0n) is 13.3. The maximum atomic E-state index is 12.8. The van der Waals surface area contributed by atoms with Gasteiger partial charge in [-0.05, 0) is 25.1 Å². The van der Waals surface area contributed by atoms with Gasteiger partial charge in [-0.3, -0.25) is 14.0 Å². The molecule has 0 N–H and O–H groups in total. The summed E-state index contributed by atoms with van der Waals surface area (Å²) < 4.78 is 3.28. The van der Waals surface area contributed by atoms with Crippen molar-refractivity contribution in [3.8, 4) is 0 Å². The highest BCUT2D eigenvalue weighted by molar-refractivity contribution is 5.95. The van der Waals surface area contributed by atoms with Crippen LogP contribution in [0.4, 0.5) is 0 Å². The fourth-order valence-electron chi connectivity index (χ4n) is 3.14. The van der Waals surface area contributed by atoms with Gasteiger partial charge in [0.1, 0.15) is 11.3 Å². The average molecular weight is 323 g/mol. The van der Waals surface area contributed by atoms with Gasteiger partial charge in [0.15, 0.2) is 0 Å². The molecule has 3 aromatic rings. The van der Waals surface area contributed by atoms with Crippen molar-refractivity contribution < 1.29 is 4.79 Å². The first-order valence-electron chi connectivity index (χ1n) is 7.88. The molecule has 7 heteroatoms. The summed E-state index contributed by atoms with van der Waals surface area (Å²) in [5.74, 6) is 0.233. The molecule has 4 heterocycles. The summed E-state index contributed by atoms with van der Waals surface area (Å²) in [7, 11) is 0. The third kappa shape index (κ3) is 2.38. The van der Waals surface area contributed by atoms with Crippen LogP contribution in [0.1, 0.15) is 16.2 Å². The summed E-state index contributed by atoms with van der Waals surface area (Å²) in [4.78, 5) is 30.7. The first-order chi connectivity index (χ1) is 11.6. The molecule has 1 saturated heterocycles. The third-order valence-corrected chi connectivity index (χ3v) is 4.37. The molecule has 7 nitrogen and oxygen atoms in total. The second-order valence-corrected chi connectivity index (χ2v) is 6.09. The van der Waals surface area contributed by atoms with Crippen molar-refractivity contribution in [2.75, 3.05) is 13.1 Å². The number of likely N-dealkylation sites (tertiary alicyclic amines) is 1. The van der Waals surface area contributed by atoms with Crippen molar-refractivity contribution in [3.63, 3.8) is 0 Å². The summed E-state index contributed by atoms with van der Waals surface area (Å²) in [5.41, 5.74) is 2.00. The second-order valence-electron chi connectivity index (χ2n) is 6.09. The Kier molecular flexibility index (Phi) is 3.41. The van der Waals surface area contributed by atoms with E-state index in [1.807, 2.05) is 35.7 Å². The Balaban J connectivity index is 1.49. The Bertz CT molecular complexity index is 968. The van der Waals surface area contributed by atoms with E-state index in [1.165, 1.54) is 10.7 Å². The Morgan fingerprint density at radius 1 is 1.25 bits per heavy atom. The van der Waals surface area contributed by atoms with Crippen molar-refractivity contribution in [2.45, 2.75) is 13.5 Å². The number of pyridine rings is 1. The number of aryl methyl sites for hydroxylation is 1. The summed E-state index contributed by atoms with van der Waals surface area (Å²) >= 11 is 0. The van der Waals surface area contributed by atoms with Crippen LogP contribution in [0, 0.1) is 12.8 Å². The van der Waals surface area contributed by atoms with Crippen molar-refractivity contribution in [1.29, 1.82) is 0 Å². The molecule has 1 fully saturated rings. The molecule has 0 radical (unpaired) electrons. The normalized spacial score (nSPS) is 14.8. The van der Waals surface area contributed by atoms with Crippen molar-refractivity contribution >= 4 is 11.6 Å². The van der Waals surface area contributed by atoms with Gasteiger partial charge in [0.05, 0.1) is 12.2 Å². The number of fused-ring (bicyclic) bond motifs is 1. The number of hydrogen-bond donors (Lipinski definition) is 0. The molecule has 0 atom stereocenters. The Labute approximate surface area is 138 Å². The van der Waals surface area contributed by atoms with Crippen LogP contribution in [0.3, 0.4) is 0 Å². The highest BCUT2D eigenvalue weighted by Gasteiger charge is 2.33. The van der Waals surface area contributed by atoms with Gasteiger partial charge in [0.2, 0.25) is 0 Å². The van der Waals surface area contributed by atoms with Crippen LogP contribution in [0.5, 0.6) is 0 Å². The molecular weight excluding hydrogens is 306 g/mol. The lowest BCUT2D eigenvalue weighted by Gasteiger charge is -2.39. The monoisotopic (exact) mass is 323 g/mol. The molecular formula is C17H17N5O2. The van der Waals surface area contributed by atoms with Crippen LogP contribution in [-0.4, -0.2) is 43.1 Å². The molecule has 0 bridgehead atoms. The SMILES string of the molecule is Cc1nc2ccccn2c1C(=O)N1CC(Cn2ncccc2=O)C1. The van der Waals surface area contributed by atoms with E-state index in [2.05, 4.69) is 10.1 Å². The lowest BCUT2D eigenvalue weighted by atomic mass is 9.99. The van der Waals surface area contributed by atoms with E-state index in [0.29, 0.717) is 25.3 Å². The molecule has 4 rings (SSSR count). The maximum Gasteiger partial charge on any atom is 0.272 e. The summed E-state index contributed by atoms with van der Waals surface area (Å²) in [5, 5.41) is 4.06. The number of hydrogen-bond acceptors (Lipinski definition) is 4. The van der Waals surface area contributed by atoms with Crippen LogP contribution in [0.2, 0.25) is 0 Å². The highest BCUT2D eigenvalue weighted by Crippen LogP contribution is 2.22. The minimum atomic E-state index is -0.111. The molecule has 0 aromatic carbocycles. The largest absolute Gasteiger partial charge is 0.336 e. The summed E-state index contributed by atoms with van der Waals surface area (Å²) in [6, 6.07) is 8.80. The van der Waals surface area contributed by atoms with E-state index < -0.39 is 0 Å². The number of imidazole rings is 1. The number of amides is 1. The van der Waals surface area contributed by atoms with E-state index in [0.717, 1.165) is 11.3 Å². The fourth-order valence-corrected chi connectivity index (χ4v) is 3.14. The van der Waals surface area contributed by atoms with Crippen molar-refractivity contribution in [2.24, 2.45) is 5.92 Å². The highest BCUT2D eigenvalue weighted by atomic mass is 16.2. The topological polar surface area (TPSA) is 72.5 Å². The van der Waals surface area contributed by atoms with Gasteiger partial charge in [0.25, 0.3) is 11.5 Å². The van der Waals surface area contributed by atoms with Gasteiger partial charge in [-0.25, -0.2) is 9.67 Å². The van der Waals surface area contributed by atoms with E-state index >= 15 is 0 Å². The van der Waals surface area contributed by atoms with Gasteiger partial charge in [-0.1, -0.05) is 6.07 Å². The van der Waals surface area contributed by atoms with Crippen LogP contribution in [0.15, 0.2) is 47.5 Å². The van der Waals surface area contributed by atoms with Crippen LogP contribution in [-0.2, 0) is 6.54 Å². The Morgan fingerprint density at radius 3 is 2.88 bits per heavy atom. The molecule has 3 aromatic heterocycles. The molecule has 0 unspecified atom stereocenters. The van der Waals surface area contributed by atoms with Crippen LogP contribution < -0.4 is 5.56 Å². The molecule has 0 aliphatic carbocycles. The predicted octanol–water partition coefficient (Wildman–Crippen LogP) is 0.972. The van der Waals surface area contributed by atoms with Crippen LogP contribution >= 0.6 is 0 Å². The zero-order valence-corrected chi connectivity index (χ0v) is 13.3. The number of carbonyl (C=O) groups excluding carboxylic acids is 1. The number of carbonyl (C=O) groups is 1. The van der Waals surface area contributed by atoms with E-state index in [4.69, 9.17) is 0 Å². The summed E-state index contributed by atoms with van der Waals surface area (Å²) in [6.07, 6.45) is 3.46. The summed E-state index contributed by atoms with van der Waals surface area (Å²) in [6.45, 7) is 3.64. The third-order valence-electron chi connectivity index (χ3n) is 4.37. The molecule has 1 amide bonds. The van der Waals surface area contributed by atoms with Crippen LogP contribution in [0.25, 0.3) is 5.65 Å². The van der Waals surface area contributed by atoms with E-state index in [1.54, 1.807) is 17.2 Å². The van der Waals surface area contributed by atoms with Gasteiger partial charge in [0, 0.05) is 37.5 Å². The minimum Gasteiger partial charge on any atom is -0.336 e. The molecule has 24 heavy (non-hydrogen) atoms. The molecule has 1 aliphatic heterocycles. The minimum absolute atomic E-state index is 0.0178. The van der Waals surface area contributed by atoms with Gasteiger partial charge >= 0.3 is 0 Å². The predicted molar refractivity (Wildman–Crippen MR) is 87.8 cm³/mol. The van der Waals surface area contributed by atoms with Gasteiger partial charge < -0.3 is 4.90 Å². The Hall–Kier alpha value is -2.96. The van der Waals surface area contributed by atoms with Gasteiger partial charge in [-0.2, -0.15) is 5.10 Å². The molecule has 122 valence electrons. The smallest absolute Gasteiger partial charge is 0.272 e. The van der Waals surface area contributed by atoms with E-state index in [9.17, 15) is 9.59 Å². The lowest BCUT2D eigenvalue weighted by molar-refractivity contribution is 0.0450. The fraction of sp³-hybridized carbons (Fsp3) is 0.294. The maximum absolute atomic E-state index is 12.8. The van der Waals surface area contributed by atoms with E-state index in [-0.39, 0.29) is 17.4 Å². The number of rotatable bonds is 3. The zero-order chi connectivity index (χ0) is 16.7. The van der Waals surface area contributed by atoms with Gasteiger partial charge in [-0.15, -0.1) is 0 Å². The standard InChI is InChI=1S/C17H17N5O2/c1-12-16(21-8-3-2-5-14(21)19-12)17(24)20-9-13(10-20)11-22-15(23)6-4-7-18-22/h2-8,13H,9-11H2,1H3. The first-order valence-corrected chi connectivity index (χ1v) is 7.88. The quantitative estimate of drug-likeness (QED) is 0.720. The number of nitrogens with zero attached hydrogens (tertiary/aromatic N) is 5.